The van der Waals surface area contributed by atoms with Gasteiger partial charge in [-0.1, -0.05) is 6.07 Å². The number of imidazole rings is 1. The lowest BCUT2D eigenvalue weighted by atomic mass is 9.85. The quantitative estimate of drug-likeness (QED) is 0.303. The minimum atomic E-state index is 0.431. The van der Waals surface area contributed by atoms with E-state index in [-0.39, 0.29) is 0 Å². The standard InChI is InChI=1S/C29H31N9/c30-27-25(18-1-2-18)26(20-11-21-4-5-22(12-20)37(21)16-17-7-8-31-13-17)36-29-23(15-35-38(27)29)19-3-6-24(34-14-19)28-32-9-10-33-28/h3,6-10,13-15,18,20-22,31H,1-2,4-5,11-12,16,30H2,(H,32,33). The zero-order chi connectivity index (χ0) is 25.2. The molecule has 38 heavy (non-hydrogen) atoms. The Balaban J connectivity index is 1.16. The Morgan fingerprint density at radius 2 is 1.82 bits per heavy atom. The van der Waals surface area contributed by atoms with Crippen LogP contribution in [0.1, 0.15) is 67.2 Å². The summed E-state index contributed by atoms with van der Waals surface area (Å²) in [6, 6.07) is 7.45. The van der Waals surface area contributed by atoms with Crippen LogP contribution in [0.15, 0.2) is 55.4 Å². The molecule has 3 fully saturated rings. The molecule has 2 bridgehead atoms. The smallest absolute Gasteiger partial charge is 0.165 e. The largest absolute Gasteiger partial charge is 0.383 e. The third-order valence-corrected chi connectivity index (χ3v) is 8.85. The molecule has 4 N–H and O–H groups in total. The van der Waals surface area contributed by atoms with Gasteiger partial charge in [0.2, 0.25) is 0 Å². The zero-order valence-corrected chi connectivity index (χ0v) is 21.2. The Hall–Kier alpha value is -3.98. The number of H-pyrrole nitrogens is 2. The van der Waals surface area contributed by atoms with Crippen LogP contribution in [-0.2, 0) is 6.54 Å². The van der Waals surface area contributed by atoms with Gasteiger partial charge in [-0.25, -0.2) is 9.97 Å². The maximum atomic E-state index is 6.87. The number of nitrogens with zero attached hydrogens (tertiary/aromatic N) is 6. The second-order valence-corrected chi connectivity index (χ2v) is 11.2. The summed E-state index contributed by atoms with van der Waals surface area (Å²) in [6.45, 7) is 1.03. The number of pyridine rings is 1. The van der Waals surface area contributed by atoms with E-state index in [1.54, 1.807) is 12.4 Å². The molecule has 3 aliphatic rings. The van der Waals surface area contributed by atoms with Crippen LogP contribution in [0.4, 0.5) is 5.82 Å². The van der Waals surface area contributed by atoms with Crippen LogP contribution >= 0.6 is 0 Å². The van der Waals surface area contributed by atoms with Gasteiger partial charge in [-0.15, -0.1) is 0 Å². The summed E-state index contributed by atoms with van der Waals surface area (Å²) in [5, 5.41) is 4.69. The Kier molecular flexibility index (Phi) is 4.95. The number of piperidine rings is 1. The van der Waals surface area contributed by atoms with Crippen molar-refractivity contribution in [2.24, 2.45) is 0 Å². The first-order valence-corrected chi connectivity index (χ1v) is 13.7. The van der Waals surface area contributed by atoms with Crippen LogP contribution in [0, 0.1) is 0 Å². The molecule has 2 unspecified atom stereocenters. The molecule has 0 radical (unpaired) electrons. The van der Waals surface area contributed by atoms with Crippen LogP contribution in [0.25, 0.3) is 28.3 Å². The molecule has 9 heteroatoms. The van der Waals surface area contributed by atoms with E-state index in [0.29, 0.717) is 23.9 Å². The monoisotopic (exact) mass is 505 g/mol. The van der Waals surface area contributed by atoms with Crippen LogP contribution in [0.5, 0.6) is 0 Å². The van der Waals surface area contributed by atoms with Crippen molar-refractivity contribution in [3.05, 3.63) is 72.2 Å². The van der Waals surface area contributed by atoms with Gasteiger partial charge in [0.05, 0.1) is 11.9 Å². The molecule has 2 aliphatic heterocycles. The van der Waals surface area contributed by atoms with Crippen molar-refractivity contribution < 1.29 is 0 Å². The van der Waals surface area contributed by atoms with Gasteiger partial charge in [-0.2, -0.15) is 9.61 Å². The molecule has 7 heterocycles. The number of fused-ring (bicyclic) bond motifs is 3. The molecule has 1 saturated carbocycles. The van der Waals surface area contributed by atoms with Gasteiger partial charge in [0.15, 0.2) is 11.5 Å². The van der Waals surface area contributed by atoms with E-state index >= 15 is 0 Å². The van der Waals surface area contributed by atoms with Crippen LogP contribution in [0.2, 0.25) is 0 Å². The van der Waals surface area contributed by atoms with Gasteiger partial charge in [-0.3, -0.25) is 9.88 Å². The first-order valence-electron chi connectivity index (χ1n) is 13.7. The normalized spacial score (nSPS) is 23.4. The lowest BCUT2D eigenvalue weighted by molar-refractivity contribution is 0.117. The van der Waals surface area contributed by atoms with E-state index < -0.39 is 0 Å². The summed E-state index contributed by atoms with van der Waals surface area (Å²) in [5.41, 5.74) is 14.3. The van der Waals surface area contributed by atoms with E-state index in [9.17, 15) is 0 Å². The number of nitrogens with two attached hydrogens (primary N) is 1. The van der Waals surface area contributed by atoms with Crippen molar-refractivity contribution in [3.63, 3.8) is 0 Å². The number of nitrogen functional groups attached to an aromatic ring is 1. The predicted octanol–water partition coefficient (Wildman–Crippen LogP) is 4.88. The lowest BCUT2D eigenvalue weighted by Gasteiger charge is -2.39. The topological polar surface area (TPSA) is 117 Å². The number of aromatic nitrogens is 7. The lowest BCUT2D eigenvalue weighted by Crippen LogP contribution is -2.42. The molecular weight excluding hydrogens is 474 g/mol. The highest BCUT2D eigenvalue weighted by Gasteiger charge is 2.43. The van der Waals surface area contributed by atoms with Crippen LogP contribution < -0.4 is 5.73 Å². The SMILES string of the molecule is Nc1c(C2CC2)c(C2CC3CCC(C2)N3Cc2cc[nH]c2)nc2c(-c3ccc(-c4ncc[nH]4)nc3)cnn12. The maximum absolute atomic E-state index is 6.87. The summed E-state index contributed by atoms with van der Waals surface area (Å²) in [7, 11) is 0. The Morgan fingerprint density at radius 3 is 2.50 bits per heavy atom. The van der Waals surface area contributed by atoms with Crippen molar-refractivity contribution in [2.75, 3.05) is 5.73 Å². The molecule has 9 nitrogen and oxygen atoms in total. The van der Waals surface area contributed by atoms with Crippen LogP contribution in [0.3, 0.4) is 0 Å². The molecule has 5 aromatic rings. The summed E-state index contributed by atoms with van der Waals surface area (Å²) >= 11 is 0. The van der Waals surface area contributed by atoms with E-state index in [4.69, 9.17) is 15.8 Å². The molecule has 0 spiro atoms. The van der Waals surface area contributed by atoms with Gasteiger partial charge in [-0.05, 0) is 62.1 Å². The Bertz CT molecular complexity index is 1570. The fraction of sp³-hybridized carbons (Fsp3) is 0.379. The molecule has 2 atom stereocenters. The fourth-order valence-corrected chi connectivity index (χ4v) is 6.87. The Labute approximate surface area is 220 Å². The molecule has 2 saturated heterocycles. The van der Waals surface area contributed by atoms with Crippen molar-refractivity contribution in [1.29, 1.82) is 0 Å². The third-order valence-electron chi connectivity index (χ3n) is 8.85. The van der Waals surface area contributed by atoms with E-state index in [0.717, 1.165) is 53.5 Å². The van der Waals surface area contributed by atoms with Gasteiger partial charge in [0.1, 0.15) is 11.5 Å². The van der Waals surface area contributed by atoms with Crippen molar-refractivity contribution >= 4 is 11.5 Å². The first kappa shape index (κ1) is 22.0. The number of aromatic amines is 2. The second-order valence-electron chi connectivity index (χ2n) is 11.2. The van der Waals surface area contributed by atoms with E-state index in [1.807, 2.05) is 29.2 Å². The number of rotatable bonds is 6. The first-order chi connectivity index (χ1) is 18.7. The average Bonchev–Trinajstić information content (AvgIpc) is 3.31. The fourth-order valence-electron chi connectivity index (χ4n) is 6.87. The van der Waals surface area contributed by atoms with Crippen molar-refractivity contribution in [2.45, 2.75) is 69.0 Å². The summed E-state index contributed by atoms with van der Waals surface area (Å²) in [4.78, 5) is 23.4. The predicted molar refractivity (Wildman–Crippen MR) is 145 cm³/mol. The molecular formula is C29H31N9. The molecule has 0 amide bonds. The second kappa shape index (κ2) is 8.52. The molecule has 1 aliphatic carbocycles. The highest BCUT2D eigenvalue weighted by molar-refractivity contribution is 5.79. The average molecular weight is 506 g/mol. The number of anilines is 1. The molecule has 8 rings (SSSR count). The van der Waals surface area contributed by atoms with E-state index in [1.165, 1.54) is 42.5 Å². The summed E-state index contributed by atoms with van der Waals surface area (Å²) in [6.07, 6.45) is 18.7. The highest BCUT2D eigenvalue weighted by atomic mass is 15.3. The summed E-state index contributed by atoms with van der Waals surface area (Å²) in [5.74, 6) is 2.47. The molecule has 192 valence electrons. The van der Waals surface area contributed by atoms with Crippen molar-refractivity contribution in [3.8, 4) is 22.6 Å². The van der Waals surface area contributed by atoms with Crippen molar-refractivity contribution in [1.82, 2.24) is 39.4 Å². The number of hydrogen-bond donors (Lipinski definition) is 3. The zero-order valence-electron chi connectivity index (χ0n) is 21.2. The van der Waals surface area contributed by atoms with Gasteiger partial charge in [0.25, 0.3) is 0 Å². The third kappa shape index (κ3) is 3.56. The minimum Gasteiger partial charge on any atom is -0.383 e. The minimum absolute atomic E-state index is 0.431. The molecule has 5 aromatic heterocycles. The van der Waals surface area contributed by atoms with Gasteiger partial charge in [0, 0.05) is 72.2 Å². The maximum Gasteiger partial charge on any atom is 0.165 e. The van der Waals surface area contributed by atoms with Crippen LogP contribution in [-0.4, -0.2) is 51.5 Å². The summed E-state index contributed by atoms with van der Waals surface area (Å²) < 4.78 is 1.85. The number of hydrogen-bond acceptors (Lipinski definition) is 6. The molecule has 0 aromatic carbocycles. The van der Waals surface area contributed by atoms with E-state index in [2.05, 4.69) is 43.2 Å². The highest BCUT2D eigenvalue weighted by Crippen LogP contribution is 2.50. The number of nitrogens with one attached hydrogen (secondary N) is 2. The van der Waals surface area contributed by atoms with Gasteiger partial charge < -0.3 is 15.7 Å². The Morgan fingerprint density at radius 1 is 0.947 bits per heavy atom. The van der Waals surface area contributed by atoms with Gasteiger partial charge >= 0.3 is 0 Å².